The van der Waals surface area contributed by atoms with Crippen LogP contribution in [0.5, 0.6) is 0 Å². The van der Waals surface area contributed by atoms with Crippen molar-refractivity contribution in [1.82, 2.24) is 4.90 Å². The first-order valence-electron chi connectivity index (χ1n) is 5.88. The Morgan fingerprint density at radius 2 is 1.95 bits per heavy atom. The monoisotopic (exact) mass is 374 g/mol. The number of benzene rings is 1. The Bertz CT molecular complexity index is 696. The van der Waals surface area contributed by atoms with E-state index in [1.54, 1.807) is 17.5 Å². The van der Waals surface area contributed by atoms with Gasteiger partial charge in [-0.25, -0.2) is 8.42 Å². The molecule has 0 unspecified atom stereocenters. The fourth-order valence-electron chi connectivity index (χ4n) is 1.76. The highest BCUT2D eigenvalue weighted by atomic mass is 79.9. The standard InChI is InChI=1S/C13H15BrN2O2S2/c1-16(2)9-10-5-3-4-6-12(10)15-20(17,18)13-11(14)7-8-19-13/h3-8,15H,9H2,1-2H3. The zero-order chi connectivity index (χ0) is 14.8. The van der Waals surface area contributed by atoms with E-state index in [0.29, 0.717) is 16.7 Å². The molecule has 7 heteroatoms. The van der Waals surface area contributed by atoms with E-state index >= 15 is 0 Å². The normalized spacial score (nSPS) is 11.8. The molecule has 0 bridgehead atoms. The highest BCUT2D eigenvalue weighted by Gasteiger charge is 2.20. The van der Waals surface area contributed by atoms with Crippen LogP contribution in [0.25, 0.3) is 0 Å². The summed E-state index contributed by atoms with van der Waals surface area (Å²) in [6.07, 6.45) is 0. The van der Waals surface area contributed by atoms with Gasteiger partial charge in [0.15, 0.2) is 4.21 Å². The zero-order valence-corrected chi connectivity index (χ0v) is 14.3. The molecule has 0 spiro atoms. The van der Waals surface area contributed by atoms with Crippen molar-refractivity contribution in [3.8, 4) is 0 Å². The van der Waals surface area contributed by atoms with Gasteiger partial charge < -0.3 is 4.90 Å². The summed E-state index contributed by atoms with van der Waals surface area (Å²) >= 11 is 4.45. The lowest BCUT2D eigenvalue weighted by atomic mass is 10.2. The van der Waals surface area contributed by atoms with Crippen molar-refractivity contribution >= 4 is 43.0 Å². The molecule has 1 N–H and O–H groups in total. The maximum Gasteiger partial charge on any atom is 0.272 e. The van der Waals surface area contributed by atoms with Gasteiger partial charge in [-0.15, -0.1) is 11.3 Å². The average molecular weight is 375 g/mol. The third kappa shape index (κ3) is 3.60. The van der Waals surface area contributed by atoms with Crippen molar-refractivity contribution in [3.05, 3.63) is 45.7 Å². The number of nitrogens with zero attached hydrogens (tertiary/aromatic N) is 1. The maximum atomic E-state index is 12.4. The molecule has 1 aromatic heterocycles. The molecule has 0 saturated heterocycles. The van der Waals surface area contributed by atoms with Crippen molar-refractivity contribution in [2.24, 2.45) is 0 Å². The molecule has 2 rings (SSSR count). The minimum absolute atomic E-state index is 0.289. The number of para-hydroxylation sites is 1. The molecule has 0 aliphatic carbocycles. The van der Waals surface area contributed by atoms with Crippen LogP contribution >= 0.6 is 27.3 Å². The van der Waals surface area contributed by atoms with Crippen molar-refractivity contribution in [3.63, 3.8) is 0 Å². The molecule has 0 atom stereocenters. The first-order valence-corrected chi connectivity index (χ1v) is 9.04. The van der Waals surface area contributed by atoms with Gasteiger partial charge in [-0.1, -0.05) is 18.2 Å². The van der Waals surface area contributed by atoms with Gasteiger partial charge in [0.25, 0.3) is 10.0 Å². The third-order valence-electron chi connectivity index (χ3n) is 2.58. The molecule has 4 nitrogen and oxygen atoms in total. The molecule has 2 aromatic rings. The minimum Gasteiger partial charge on any atom is -0.305 e. The number of rotatable bonds is 5. The van der Waals surface area contributed by atoms with Crippen LogP contribution in [0.1, 0.15) is 5.56 Å². The molecule has 0 aliphatic heterocycles. The Balaban J connectivity index is 2.33. The molecule has 0 aliphatic rings. The van der Waals surface area contributed by atoms with Crippen LogP contribution < -0.4 is 4.72 Å². The summed E-state index contributed by atoms with van der Waals surface area (Å²) in [5.41, 5.74) is 1.55. The van der Waals surface area contributed by atoms with Gasteiger partial charge in [0.05, 0.1) is 5.69 Å². The smallest absolute Gasteiger partial charge is 0.272 e. The molecular weight excluding hydrogens is 360 g/mol. The first kappa shape index (κ1) is 15.5. The van der Waals surface area contributed by atoms with Crippen LogP contribution in [-0.4, -0.2) is 27.4 Å². The van der Waals surface area contributed by atoms with E-state index in [2.05, 4.69) is 20.7 Å². The molecule has 0 fully saturated rings. The van der Waals surface area contributed by atoms with Gasteiger partial charge in [-0.05, 0) is 53.1 Å². The number of anilines is 1. The Morgan fingerprint density at radius 1 is 1.25 bits per heavy atom. The number of hydrogen-bond acceptors (Lipinski definition) is 4. The van der Waals surface area contributed by atoms with E-state index in [0.717, 1.165) is 5.56 Å². The molecule has 1 aromatic carbocycles. The summed E-state index contributed by atoms with van der Waals surface area (Å²) < 4.78 is 28.3. The minimum atomic E-state index is -3.56. The van der Waals surface area contributed by atoms with Crippen LogP contribution in [0.3, 0.4) is 0 Å². The Hall–Kier alpha value is -0.890. The van der Waals surface area contributed by atoms with Gasteiger partial charge in [-0.2, -0.15) is 0 Å². The zero-order valence-electron chi connectivity index (χ0n) is 11.1. The predicted octanol–water partition coefficient (Wildman–Crippen LogP) is 3.37. The van der Waals surface area contributed by atoms with Gasteiger partial charge in [0.1, 0.15) is 0 Å². The Kier molecular flexibility index (Phi) is 4.85. The van der Waals surface area contributed by atoms with Crippen LogP contribution in [0.4, 0.5) is 5.69 Å². The second-order valence-corrected chi connectivity index (χ2v) is 8.20. The highest BCUT2D eigenvalue weighted by Crippen LogP contribution is 2.30. The summed E-state index contributed by atoms with van der Waals surface area (Å²) in [7, 11) is 0.335. The lowest BCUT2D eigenvalue weighted by Crippen LogP contribution is -2.16. The molecule has 20 heavy (non-hydrogen) atoms. The van der Waals surface area contributed by atoms with E-state index in [9.17, 15) is 8.42 Å². The highest BCUT2D eigenvalue weighted by molar-refractivity contribution is 9.10. The van der Waals surface area contributed by atoms with Crippen LogP contribution in [0.15, 0.2) is 44.4 Å². The van der Waals surface area contributed by atoms with Gasteiger partial charge in [0.2, 0.25) is 0 Å². The molecule has 0 amide bonds. The van der Waals surface area contributed by atoms with Crippen molar-refractivity contribution < 1.29 is 8.42 Å². The molecule has 0 radical (unpaired) electrons. The van der Waals surface area contributed by atoms with E-state index in [1.165, 1.54) is 11.3 Å². The predicted molar refractivity (Wildman–Crippen MR) is 86.7 cm³/mol. The number of hydrogen-bond donors (Lipinski definition) is 1. The van der Waals surface area contributed by atoms with Crippen molar-refractivity contribution in [2.45, 2.75) is 10.8 Å². The van der Waals surface area contributed by atoms with E-state index in [4.69, 9.17) is 0 Å². The van der Waals surface area contributed by atoms with Crippen LogP contribution in [-0.2, 0) is 16.6 Å². The summed E-state index contributed by atoms with van der Waals surface area (Å²) in [6.45, 7) is 0.671. The SMILES string of the molecule is CN(C)Cc1ccccc1NS(=O)(=O)c1sccc1Br. The second-order valence-electron chi connectivity index (χ2n) is 4.56. The van der Waals surface area contributed by atoms with Gasteiger partial charge >= 0.3 is 0 Å². The molecule has 0 saturated carbocycles. The number of nitrogens with one attached hydrogen (secondary N) is 1. The number of thiophene rings is 1. The van der Waals surface area contributed by atoms with Crippen molar-refractivity contribution in [1.29, 1.82) is 0 Å². The Morgan fingerprint density at radius 3 is 2.55 bits per heavy atom. The summed E-state index contributed by atoms with van der Waals surface area (Å²) in [4.78, 5) is 1.99. The van der Waals surface area contributed by atoms with Crippen molar-refractivity contribution in [2.75, 3.05) is 18.8 Å². The lowest BCUT2D eigenvalue weighted by Gasteiger charge is -2.15. The molecular formula is C13H15BrN2O2S2. The summed E-state index contributed by atoms with van der Waals surface area (Å²) in [5, 5.41) is 1.74. The maximum absolute atomic E-state index is 12.4. The molecule has 1 heterocycles. The average Bonchev–Trinajstić information content (AvgIpc) is 2.78. The fraction of sp³-hybridized carbons (Fsp3) is 0.231. The van der Waals surface area contributed by atoms with E-state index < -0.39 is 10.0 Å². The largest absolute Gasteiger partial charge is 0.305 e. The number of sulfonamides is 1. The lowest BCUT2D eigenvalue weighted by molar-refractivity contribution is 0.403. The van der Waals surface area contributed by atoms with Gasteiger partial charge in [-0.3, -0.25) is 4.72 Å². The van der Waals surface area contributed by atoms with E-state index in [1.807, 2.05) is 37.2 Å². The van der Waals surface area contributed by atoms with Crippen LogP contribution in [0.2, 0.25) is 0 Å². The first-order chi connectivity index (χ1) is 9.40. The summed E-state index contributed by atoms with van der Waals surface area (Å²) in [5.74, 6) is 0. The third-order valence-corrected chi connectivity index (χ3v) is 6.61. The van der Waals surface area contributed by atoms with Gasteiger partial charge in [0, 0.05) is 11.0 Å². The topological polar surface area (TPSA) is 49.4 Å². The fourth-order valence-corrected chi connectivity index (χ4v) is 5.20. The Labute approximate surface area is 131 Å². The summed E-state index contributed by atoms with van der Waals surface area (Å²) in [6, 6.07) is 9.14. The van der Waals surface area contributed by atoms with E-state index in [-0.39, 0.29) is 4.21 Å². The molecule has 108 valence electrons. The number of halogens is 1. The van der Waals surface area contributed by atoms with Crippen LogP contribution in [0, 0.1) is 0 Å². The quantitative estimate of drug-likeness (QED) is 0.872. The second kappa shape index (κ2) is 6.26.